The van der Waals surface area contributed by atoms with Gasteiger partial charge in [0.25, 0.3) is 0 Å². The summed E-state index contributed by atoms with van der Waals surface area (Å²) in [7, 11) is 0. The molecule has 5 N–H and O–H groups in total. The van der Waals surface area contributed by atoms with Gasteiger partial charge in [-0.2, -0.15) is 0 Å². The van der Waals surface area contributed by atoms with Gasteiger partial charge in [-0.25, -0.2) is 4.79 Å². The quantitative estimate of drug-likeness (QED) is 0.350. The van der Waals surface area contributed by atoms with E-state index in [0.717, 1.165) is 16.5 Å². The highest BCUT2D eigenvalue weighted by atomic mass is 16.4. The van der Waals surface area contributed by atoms with E-state index in [1.807, 2.05) is 38.1 Å². The minimum atomic E-state index is -1.14. The standard InChI is InChI=1S/C24H34N4O5/c1-13(2)10-19(23(31)28-21(14(3)4)24(32)33)27-22(30)20(26-15(5)29)11-16-12-25-18-9-7-6-8-17(16)18/h6-9,12-14,19-21,25H,10-11H2,1-5H3,(H,26,29)(H,27,30)(H,28,31)(H,32,33)/t19-,20-,21-/m0/s1. The van der Waals surface area contributed by atoms with Crippen molar-refractivity contribution in [3.05, 3.63) is 36.0 Å². The Kier molecular flexibility index (Phi) is 9.02. The van der Waals surface area contributed by atoms with E-state index in [1.54, 1.807) is 20.0 Å². The molecule has 0 fully saturated rings. The summed E-state index contributed by atoms with van der Waals surface area (Å²) in [6.07, 6.45) is 2.35. The van der Waals surface area contributed by atoms with Crippen molar-refractivity contribution in [2.75, 3.05) is 0 Å². The Bertz CT molecular complexity index is 998. The SMILES string of the molecule is CC(=O)N[C@@H](Cc1c[nH]c2ccccc12)C(=O)N[C@@H](CC(C)C)C(=O)N[C@H](C(=O)O)C(C)C. The van der Waals surface area contributed by atoms with Crippen molar-refractivity contribution in [1.29, 1.82) is 0 Å². The molecule has 9 nitrogen and oxygen atoms in total. The fourth-order valence-corrected chi connectivity index (χ4v) is 3.72. The number of carboxylic acids is 1. The van der Waals surface area contributed by atoms with Crippen LogP contribution in [-0.2, 0) is 25.6 Å². The largest absolute Gasteiger partial charge is 0.480 e. The molecular weight excluding hydrogens is 424 g/mol. The Labute approximate surface area is 193 Å². The van der Waals surface area contributed by atoms with E-state index in [2.05, 4.69) is 20.9 Å². The van der Waals surface area contributed by atoms with Gasteiger partial charge >= 0.3 is 5.97 Å². The van der Waals surface area contributed by atoms with Gasteiger partial charge in [-0.15, -0.1) is 0 Å². The second kappa shape index (κ2) is 11.5. The van der Waals surface area contributed by atoms with Gasteiger partial charge < -0.3 is 26.0 Å². The van der Waals surface area contributed by atoms with Crippen LogP contribution >= 0.6 is 0 Å². The zero-order valence-corrected chi connectivity index (χ0v) is 19.8. The van der Waals surface area contributed by atoms with Gasteiger partial charge in [-0.3, -0.25) is 14.4 Å². The first kappa shape index (κ1) is 25.9. The van der Waals surface area contributed by atoms with Gasteiger partial charge in [0.2, 0.25) is 17.7 Å². The molecule has 0 aliphatic carbocycles. The Morgan fingerprint density at radius 2 is 1.58 bits per heavy atom. The number of carboxylic acid groups (broad SMARTS) is 1. The average molecular weight is 459 g/mol. The third-order valence-electron chi connectivity index (χ3n) is 5.36. The Morgan fingerprint density at radius 1 is 0.939 bits per heavy atom. The second-order valence-electron chi connectivity index (χ2n) is 9.08. The van der Waals surface area contributed by atoms with Crippen molar-refractivity contribution in [3.63, 3.8) is 0 Å². The average Bonchev–Trinajstić information content (AvgIpc) is 3.12. The zero-order chi connectivity index (χ0) is 24.7. The van der Waals surface area contributed by atoms with Crippen molar-refractivity contribution in [2.24, 2.45) is 11.8 Å². The molecule has 33 heavy (non-hydrogen) atoms. The highest BCUT2D eigenvalue weighted by molar-refractivity contribution is 5.94. The van der Waals surface area contributed by atoms with E-state index < -0.39 is 35.9 Å². The van der Waals surface area contributed by atoms with Crippen molar-refractivity contribution < 1.29 is 24.3 Å². The normalized spacial score (nSPS) is 14.0. The maximum atomic E-state index is 13.2. The van der Waals surface area contributed by atoms with Crippen LogP contribution in [0.25, 0.3) is 10.9 Å². The van der Waals surface area contributed by atoms with E-state index in [-0.39, 0.29) is 24.2 Å². The number of nitrogens with one attached hydrogen (secondary N) is 4. The molecule has 0 aliphatic rings. The Balaban J connectivity index is 2.22. The van der Waals surface area contributed by atoms with Crippen molar-refractivity contribution in [1.82, 2.24) is 20.9 Å². The highest BCUT2D eigenvalue weighted by Gasteiger charge is 2.31. The summed E-state index contributed by atoms with van der Waals surface area (Å²) in [5.74, 6) is -2.83. The first-order valence-corrected chi connectivity index (χ1v) is 11.1. The van der Waals surface area contributed by atoms with E-state index in [9.17, 15) is 24.3 Å². The summed E-state index contributed by atoms with van der Waals surface area (Å²) >= 11 is 0. The smallest absolute Gasteiger partial charge is 0.326 e. The molecule has 1 heterocycles. The molecule has 1 aromatic heterocycles. The molecule has 0 bridgehead atoms. The fourth-order valence-electron chi connectivity index (χ4n) is 3.72. The summed E-state index contributed by atoms with van der Waals surface area (Å²) in [5, 5.41) is 18.3. The second-order valence-corrected chi connectivity index (χ2v) is 9.08. The number of rotatable bonds is 11. The number of carbonyl (C=O) groups is 4. The number of amides is 3. The van der Waals surface area contributed by atoms with Crippen molar-refractivity contribution >= 4 is 34.6 Å². The molecule has 3 amide bonds. The maximum absolute atomic E-state index is 13.2. The first-order chi connectivity index (χ1) is 15.5. The van der Waals surface area contributed by atoms with E-state index >= 15 is 0 Å². The molecule has 0 unspecified atom stereocenters. The van der Waals surface area contributed by atoms with E-state index in [0.29, 0.717) is 6.42 Å². The predicted octanol–water partition coefficient (Wildman–Crippen LogP) is 1.97. The molecule has 180 valence electrons. The predicted molar refractivity (Wildman–Crippen MR) is 125 cm³/mol. The molecule has 2 rings (SSSR count). The van der Waals surface area contributed by atoms with E-state index in [4.69, 9.17) is 0 Å². The number of hydrogen-bond acceptors (Lipinski definition) is 4. The van der Waals surface area contributed by atoms with Gasteiger partial charge in [0.05, 0.1) is 0 Å². The first-order valence-electron chi connectivity index (χ1n) is 11.1. The number of fused-ring (bicyclic) bond motifs is 1. The van der Waals surface area contributed by atoms with Gasteiger partial charge in [-0.1, -0.05) is 45.9 Å². The molecular formula is C24H34N4O5. The monoisotopic (exact) mass is 458 g/mol. The maximum Gasteiger partial charge on any atom is 0.326 e. The van der Waals surface area contributed by atoms with Crippen LogP contribution in [0.5, 0.6) is 0 Å². The lowest BCUT2D eigenvalue weighted by atomic mass is 9.99. The molecule has 1 aromatic carbocycles. The lowest BCUT2D eigenvalue weighted by Crippen LogP contribution is -2.57. The molecule has 0 saturated carbocycles. The number of aliphatic carboxylic acids is 1. The van der Waals surface area contributed by atoms with Crippen LogP contribution in [0.3, 0.4) is 0 Å². The number of aromatic nitrogens is 1. The number of aromatic amines is 1. The van der Waals surface area contributed by atoms with E-state index in [1.165, 1.54) is 6.92 Å². The third-order valence-corrected chi connectivity index (χ3v) is 5.36. The molecule has 9 heteroatoms. The van der Waals surface area contributed by atoms with Gasteiger partial charge in [0, 0.05) is 30.4 Å². The summed E-state index contributed by atoms with van der Waals surface area (Å²) in [6, 6.07) is 4.74. The van der Waals surface area contributed by atoms with Crippen LogP contribution in [0.2, 0.25) is 0 Å². The molecule has 0 spiro atoms. The summed E-state index contributed by atoms with van der Waals surface area (Å²) < 4.78 is 0. The van der Waals surface area contributed by atoms with Gasteiger partial charge in [-0.05, 0) is 29.9 Å². The van der Waals surface area contributed by atoms with Crippen LogP contribution in [0, 0.1) is 11.8 Å². The van der Waals surface area contributed by atoms with Gasteiger partial charge in [0.15, 0.2) is 0 Å². The van der Waals surface area contributed by atoms with Crippen LogP contribution in [0.1, 0.15) is 46.6 Å². The number of H-pyrrole nitrogens is 1. The summed E-state index contributed by atoms with van der Waals surface area (Å²) in [4.78, 5) is 52.5. The number of para-hydroxylation sites is 1. The Hall–Kier alpha value is -3.36. The lowest BCUT2D eigenvalue weighted by Gasteiger charge is -2.26. The highest BCUT2D eigenvalue weighted by Crippen LogP contribution is 2.19. The van der Waals surface area contributed by atoms with Crippen LogP contribution < -0.4 is 16.0 Å². The number of benzene rings is 1. The molecule has 0 radical (unpaired) electrons. The molecule has 0 aliphatic heterocycles. The Morgan fingerprint density at radius 3 is 2.15 bits per heavy atom. The molecule has 2 aromatic rings. The van der Waals surface area contributed by atoms with Crippen LogP contribution in [0.15, 0.2) is 30.5 Å². The van der Waals surface area contributed by atoms with Crippen molar-refractivity contribution in [2.45, 2.75) is 65.6 Å². The molecule has 3 atom stereocenters. The molecule has 0 saturated heterocycles. The van der Waals surface area contributed by atoms with Crippen LogP contribution in [0.4, 0.5) is 0 Å². The summed E-state index contributed by atoms with van der Waals surface area (Å²) in [6.45, 7) is 8.53. The zero-order valence-electron chi connectivity index (χ0n) is 19.8. The minimum Gasteiger partial charge on any atom is -0.480 e. The summed E-state index contributed by atoms with van der Waals surface area (Å²) in [5.41, 5.74) is 1.77. The van der Waals surface area contributed by atoms with Gasteiger partial charge in [0.1, 0.15) is 18.1 Å². The third kappa shape index (κ3) is 7.34. The lowest BCUT2D eigenvalue weighted by molar-refractivity contribution is -0.143. The topological polar surface area (TPSA) is 140 Å². The minimum absolute atomic E-state index is 0.0659. The fraction of sp³-hybridized carbons (Fsp3) is 0.500. The van der Waals surface area contributed by atoms with Crippen LogP contribution in [-0.4, -0.2) is 51.9 Å². The number of carbonyl (C=O) groups excluding carboxylic acids is 3. The number of hydrogen-bond donors (Lipinski definition) is 5. The van der Waals surface area contributed by atoms with Crippen molar-refractivity contribution in [3.8, 4) is 0 Å².